The Labute approximate surface area is 95.0 Å². The first-order valence-corrected chi connectivity index (χ1v) is 5.71. The number of nitrogens with zero attached hydrogens (tertiary/aromatic N) is 1. The molecule has 3 nitrogen and oxygen atoms in total. The van der Waals surface area contributed by atoms with Gasteiger partial charge in [0.25, 0.3) is 0 Å². The Kier molecular flexibility index (Phi) is 2.13. The maximum absolute atomic E-state index is 11.3. The second-order valence-electron chi connectivity index (χ2n) is 4.70. The van der Waals surface area contributed by atoms with Gasteiger partial charge < -0.3 is 9.64 Å². The molecule has 1 aromatic rings. The van der Waals surface area contributed by atoms with E-state index < -0.39 is 0 Å². The standard InChI is InChI=1S/C13H15NO2/c1-16-13(15)9-2-4-12(5-3-9)14-7-10-6-11(10)8-14/h2-5,10-11H,6-8H2,1H3. The Morgan fingerprint density at radius 1 is 1.25 bits per heavy atom. The Morgan fingerprint density at radius 3 is 2.44 bits per heavy atom. The molecule has 1 heterocycles. The molecule has 2 atom stereocenters. The zero-order chi connectivity index (χ0) is 11.1. The van der Waals surface area contributed by atoms with Crippen LogP contribution >= 0.6 is 0 Å². The van der Waals surface area contributed by atoms with Gasteiger partial charge in [0.2, 0.25) is 0 Å². The summed E-state index contributed by atoms with van der Waals surface area (Å²) >= 11 is 0. The first-order valence-electron chi connectivity index (χ1n) is 5.71. The van der Waals surface area contributed by atoms with Gasteiger partial charge in [0.05, 0.1) is 12.7 Å². The molecule has 0 bridgehead atoms. The number of fused-ring (bicyclic) bond motifs is 1. The molecule has 0 spiro atoms. The molecule has 3 heteroatoms. The molecule has 16 heavy (non-hydrogen) atoms. The molecule has 1 aliphatic heterocycles. The number of hydrogen-bond acceptors (Lipinski definition) is 3. The van der Waals surface area contributed by atoms with Crippen LogP contribution in [0.4, 0.5) is 5.69 Å². The van der Waals surface area contributed by atoms with Crippen molar-refractivity contribution < 1.29 is 9.53 Å². The van der Waals surface area contributed by atoms with Crippen molar-refractivity contribution in [3.8, 4) is 0 Å². The van der Waals surface area contributed by atoms with E-state index in [1.54, 1.807) is 0 Å². The summed E-state index contributed by atoms with van der Waals surface area (Å²) in [4.78, 5) is 13.7. The van der Waals surface area contributed by atoms with E-state index in [0.717, 1.165) is 11.8 Å². The smallest absolute Gasteiger partial charge is 0.337 e. The topological polar surface area (TPSA) is 29.5 Å². The lowest BCUT2D eigenvalue weighted by Crippen LogP contribution is -2.21. The lowest BCUT2D eigenvalue weighted by molar-refractivity contribution is 0.0601. The summed E-state index contributed by atoms with van der Waals surface area (Å²) in [6, 6.07) is 7.70. The third-order valence-electron chi connectivity index (χ3n) is 3.63. The molecule has 1 saturated carbocycles. The van der Waals surface area contributed by atoms with Crippen LogP contribution in [0.5, 0.6) is 0 Å². The number of methoxy groups -OCH3 is 1. The van der Waals surface area contributed by atoms with Crippen LogP contribution in [0.25, 0.3) is 0 Å². The highest BCUT2D eigenvalue weighted by atomic mass is 16.5. The first kappa shape index (κ1) is 9.70. The van der Waals surface area contributed by atoms with Gasteiger partial charge in [-0.2, -0.15) is 0 Å². The number of rotatable bonds is 2. The van der Waals surface area contributed by atoms with Crippen LogP contribution in [0, 0.1) is 11.8 Å². The van der Waals surface area contributed by atoms with Crippen LogP contribution in [-0.4, -0.2) is 26.2 Å². The normalized spacial score (nSPS) is 26.4. The summed E-state index contributed by atoms with van der Waals surface area (Å²) in [5, 5.41) is 0. The number of hydrogen-bond donors (Lipinski definition) is 0. The summed E-state index contributed by atoms with van der Waals surface area (Å²) in [6.07, 6.45) is 1.41. The number of anilines is 1. The Balaban J connectivity index is 1.74. The number of piperidine rings is 1. The van der Waals surface area contributed by atoms with Crippen molar-refractivity contribution >= 4 is 11.7 Å². The third-order valence-corrected chi connectivity index (χ3v) is 3.63. The van der Waals surface area contributed by atoms with Crippen LogP contribution in [0.15, 0.2) is 24.3 Å². The Hall–Kier alpha value is -1.51. The number of carbonyl (C=O) groups excluding carboxylic acids is 1. The number of esters is 1. The molecule has 1 saturated heterocycles. The maximum atomic E-state index is 11.3. The Bertz CT molecular complexity index is 402. The van der Waals surface area contributed by atoms with Crippen molar-refractivity contribution in [3.63, 3.8) is 0 Å². The van der Waals surface area contributed by atoms with E-state index in [1.165, 1.54) is 32.3 Å². The predicted octanol–water partition coefficient (Wildman–Crippen LogP) is 1.93. The van der Waals surface area contributed by atoms with Crippen molar-refractivity contribution in [2.24, 2.45) is 11.8 Å². The average Bonchev–Trinajstić information content (AvgIpc) is 2.95. The number of benzene rings is 1. The molecular weight excluding hydrogens is 202 g/mol. The minimum atomic E-state index is -0.268. The highest BCUT2D eigenvalue weighted by Crippen LogP contribution is 2.46. The van der Waals surface area contributed by atoms with Gasteiger partial charge in [-0.3, -0.25) is 0 Å². The Morgan fingerprint density at radius 2 is 1.88 bits per heavy atom. The van der Waals surface area contributed by atoms with Crippen molar-refractivity contribution in [1.29, 1.82) is 0 Å². The molecule has 3 rings (SSSR count). The van der Waals surface area contributed by atoms with Gasteiger partial charge in [0.15, 0.2) is 0 Å². The number of ether oxygens (including phenoxy) is 1. The quantitative estimate of drug-likeness (QED) is 0.709. The molecule has 2 fully saturated rings. The molecule has 0 radical (unpaired) electrons. The largest absolute Gasteiger partial charge is 0.465 e. The van der Waals surface area contributed by atoms with Gasteiger partial charge in [-0.1, -0.05) is 0 Å². The molecular formula is C13H15NO2. The molecule has 1 aliphatic carbocycles. The molecule has 0 amide bonds. The molecule has 0 N–H and O–H groups in total. The van der Waals surface area contributed by atoms with Gasteiger partial charge in [0, 0.05) is 18.8 Å². The van der Waals surface area contributed by atoms with Gasteiger partial charge in [-0.25, -0.2) is 4.79 Å². The van der Waals surface area contributed by atoms with Crippen LogP contribution < -0.4 is 4.90 Å². The lowest BCUT2D eigenvalue weighted by atomic mass is 10.2. The second-order valence-corrected chi connectivity index (χ2v) is 4.70. The minimum Gasteiger partial charge on any atom is -0.465 e. The van der Waals surface area contributed by atoms with E-state index in [4.69, 9.17) is 0 Å². The maximum Gasteiger partial charge on any atom is 0.337 e. The average molecular weight is 217 g/mol. The monoisotopic (exact) mass is 217 g/mol. The van der Waals surface area contributed by atoms with Gasteiger partial charge in [-0.05, 0) is 42.5 Å². The van der Waals surface area contributed by atoms with Crippen LogP contribution in [0.2, 0.25) is 0 Å². The first-order chi connectivity index (χ1) is 7.78. The lowest BCUT2D eigenvalue weighted by Gasteiger charge is -2.20. The molecule has 2 aliphatic rings. The molecule has 2 unspecified atom stereocenters. The highest BCUT2D eigenvalue weighted by Gasteiger charge is 2.44. The second kappa shape index (κ2) is 3.51. The van der Waals surface area contributed by atoms with Crippen LogP contribution in [0.1, 0.15) is 16.8 Å². The summed E-state index contributed by atoms with van der Waals surface area (Å²) in [5.41, 5.74) is 1.84. The third kappa shape index (κ3) is 1.56. The van der Waals surface area contributed by atoms with Crippen molar-refractivity contribution in [2.45, 2.75) is 6.42 Å². The van der Waals surface area contributed by atoms with Crippen LogP contribution in [0.3, 0.4) is 0 Å². The predicted molar refractivity (Wildman–Crippen MR) is 61.6 cm³/mol. The van der Waals surface area contributed by atoms with Gasteiger partial charge >= 0.3 is 5.97 Å². The van der Waals surface area contributed by atoms with E-state index in [1.807, 2.05) is 24.3 Å². The van der Waals surface area contributed by atoms with E-state index in [9.17, 15) is 4.79 Å². The van der Waals surface area contributed by atoms with Crippen molar-refractivity contribution in [3.05, 3.63) is 29.8 Å². The zero-order valence-electron chi connectivity index (χ0n) is 9.35. The fourth-order valence-electron chi connectivity index (χ4n) is 2.54. The van der Waals surface area contributed by atoms with Crippen molar-refractivity contribution in [2.75, 3.05) is 25.1 Å². The van der Waals surface area contributed by atoms with E-state index in [0.29, 0.717) is 5.56 Å². The summed E-state index contributed by atoms with van der Waals surface area (Å²) in [5.74, 6) is 1.59. The minimum absolute atomic E-state index is 0.268. The van der Waals surface area contributed by atoms with Crippen molar-refractivity contribution in [1.82, 2.24) is 0 Å². The van der Waals surface area contributed by atoms with Gasteiger partial charge in [-0.15, -0.1) is 0 Å². The number of carbonyl (C=O) groups is 1. The summed E-state index contributed by atoms with van der Waals surface area (Å²) in [6.45, 7) is 2.37. The van der Waals surface area contributed by atoms with Crippen LogP contribution in [-0.2, 0) is 4.74 Å². The van der Waals surface area contributed by atoms with E-state index in [2.05, 4.69) is 9.64 Å². The fourth-order valence-corrected chi connectivity index (χ4v) is 2.54. The zero-order valence-corrected chi connectivity index (χ0v) is 9.35. The van der Waals surface area contributed by atoms with E-state index in [-0.39, 0.29) is 5.97 Å². The van der Waals surface area contributed by atoms with Gasteiger partial charge in [0.1, 0.15) is 0 Å². The molecule has 0 aromatic heterocycles. The SMILES string of the molecule is COC(=O)c1ccc(N2CC3CC3C2)cc1. The molecule has 84 valence electrons. The molecule has 1 aromatic carbocycles. The summed E-state index contributed by atoms with van der Waals surface area (Å²) < 4.78 is 4.67. The fraction of sp³-hybridized carbons (Fsp3) is 0.462. The van der Waals surface area contributed by atoms with E-state index >= 15 is 0 Å². The highest BCUT2D eigenvalue weighted by molar-refractivity contribution is 5.89. The summed E-state index contributed by atoms with van der Waals surface area (Å²) in [7, 11) is 1.41.